The number of nitriles is 1. The van der Waals surface area contributed by atoms with Crippen LogP contribution in [0.5, 0.6) is 0 Å². The van der Waals surface area contributed by atoms with Gasteiger partial charge in [0, 0.05) is 30.3 Å². The number of hydrogen-bond acceptors (Lipinski definition) is 4. The highest BCUT2D eigenvalue weighted by molar-refractivity contribution is 8.00. The summed E-state index contributed by atoms with van der Waals surface area (Å²) in [6.07, 6.45) is 2.51. The van der Waals surface area contributed by atoms with Crippen molar-refractivity contribution in [3.05, 3.63) is 46.1 Å². The summed E-state index contributed by atoms with van der Waals surface area (Å²) in [7, 11) is 2.04. The molecule has 24 heavy (non-hydrogen) atoms. The number of anilines is 1. The van der Waals surface area contributed by atoms with E-state index in [0.29, 0.717) is 11.2 Å². The summed E-state index contributed by atoms with van der Waals surface area (Å²) in [6, 6.07) is 8.33. The molecule has 1 aliphatic carbocycles. The minimum absolute atomic E-state index is 0.280. The SMILES string of the molecule is Cc1cc(C#N)ccc1[C@@H]1S[C@@H](C)CNc2c1c(C1CC1)nn2C. The standard InChI is InChI=1S/C19H22N4S/c1-11-8-13(9-20)4-7-15(11)18-16-17(14-5-6-14)22-23(3)19(16)21-10-12(2)24-18/h4,7-8,12,14,18,21H,5-6,10H2,1-3H3/t12-,18-/m0/s1. The first-order valence-corrected chi connectivity index (χ1v) is 9.49. The third-order valence-electron chi connectivity index (χ3n) is 4.95. The minimum Gasteiger partial charge on any atom is -0.369 e. The molecular formula is C19H22N4S. The number of aromatic nitrogens is 2. The number of thioether (sulfide) groups is 1. The molecule has 0 amide bonds. The molecule has 0 bridgehead atoms. The van der Waals surface area contributed by atoms with E-state index < -0.39 is 0 Å². The van der Waals surface area contributed by atoms with E-state index in [-0.39, 0.29) is 5.25 Å². The molecule has 5 heteroatoms. The maximum atomic E-state index is 9.16. The smallest absolute Gasteiger partial charge is 0.128 e. The first-order valence-electron chi connectivity index (χ1n) is 8.55. The highest BCUT2D eigenvalue weighted by Gasteiger charge is 2.37. The molecule has 2 atom stereocenters. The van der Waals surface area contributed by atoms with Crippen molar-refractivity contribution in [2.45, 2.75) is 43.1 Å². The number of aryl methyl sites for hydroxylation is 2. The van der Waals surface area contributed by atoms with Gasteiger partial charge in [-0.15, -0.1) is 11.8 Å². The zero-order chi connectivity index (χ0) is 16.8. The molecule has 2 aromatic rings. The second kappa shape index (κ2) is 5.86. The van der Waals surface area contributed by atoms with Crippen LogP contribution in [0.3, 0.4) is 0 Å². The molecule has 1 saturated carbocycles. The Hall–Kier alpha value is -1.93. The van der Waals surface area contributed by atoms with Gasteiger partial charge in [0.1, 0.15) is 5.82 Å². The summed E-state index contributed by atoms with van der Waals surface area (Å²) < 4.78 is 2.02. The molecule has 0 spiro atoms. The Bertz CT molecular complexity index is 829. The lowest BCUT2D eigenvalue weighted by Crippen LogP contribution is -2.13. The second-order valence-electron chi connectivity index (χ2n) is 6.94. The van der Waals surface area contributed by atoms with E-state index in [1.54, 1.807) is 0 Å². The van der Waals surface area contributed by atoms with Crippen LogP contribution in [0.15, 0.2) is 18.2 Å². The number of nitrogens with one attached hydrogen (secondary N) is 1. The minimum atomic E-state index is 0.280. The first-order chi connectivity index (χ1) is 11.6. The highest BCUT2D eigenvalue weighted by Crippen LogP contribution is 2.51. The van der Waals surface area contributed by atoms with E-state index in [1.807, 2.05) is 35.6 Å². The van der Waals surface area contributed by atoms with Gasteiger partial charge in [0.25, 0.3) is 0 Å². The second-order valence-corrected chi connectivity index (χ2v) is 8.48. The van der Waals surface area contributed by atoms with Gasteiger partial charge in [-0.1, -0.05) is 13.0 Å². The third-order valence-corrected chi connectivity index (χ3v) is 6.34. The van der Waals surface area contributed by atoms with Crippen LogP contribution in [0.2, 0.25) is 0 Å². The fourth-order valence-electron chi connectivity index (χ4n) is 3.54. The van der Waals surface area contributed by atoms with Gasteiger partial charge in [-0.05, 0) is 43.0 Å². The van der Waals surface area contributed by atoms with Crippen LogP contribution in [0.4, 0.5) is 5.82 Å². The number of benzene rings is 1. The van der Waals surface area contributed by atoms with Gasteiger partial charge in [0.2, 0.25) is 0 Å². The van der Waals surface area contributed by atoms with E-state index in [0.717, 1.165) is 12.1 Å². The quantitative estimate of drug-likeness (QED) is 0.895. The molecule has 4 rings (SSSR count). The third kappa shape index (κ3) is 2.59. The fourth-order valence-corrected chi connectivity index (χ4v) is 4.97. The Morgan fingerprint density at radius 1 is 1.38 bits per heavy atom. The van der Waals surface area contributed by atoms with Crippen molar-refractivity contribution in [1.82, 2.24) is 9.78 Å². The van der Waals surface area contributed by atoms with Crippen LogP contribution >= 0.6 is 11.8 Å². The topological polar surface area (TPSA) is 53.6 Å². The zero-order valence-electron chi connectivity index (χ0n) is 14.3. The lowest BCUT2D eigenvalue weighted by molar-refractivity contribution is 0.744. The van der Waals surface area contributed by atoms with Crippen molar-refractivity contribution in [3.8, 4) is 6.07 Å². The number of rotatable bonds is 2. The number of nitrogens with zero attached hydrogens (tertiary/aromatic N) is 3. The van der Waals surface area contributed by atoms with E-state index >= 15 is 0 Å². The molecule has 1 aromatic heterocycles. The van der Waals surface area contributed by atoms with Crippen molar-refractivity contribution in [2.75, 3.05) is 11.9 Å². The van der Waals surface area contributed by atoms with Gasteiger partial charge in [0.15, 0.2) is 0 Å². The Labute approximate surface area is 147 Å². The van der Waals surface area contributed by atoms with Gasteiger partial charge in [-0.2, -0.15) is 10.4 Å². The average molecular weight is 338 g/mol. The Kier molecular flexibility index (Phi) is 3.80. The molecule has 1 aliphatic heterocycles. The van der Waals surface area contributed by atoms with Gasteiger partial charge >= 0.3 is 0 Å². The van der Waals surface area contributed by atoms with Crippen molar-refractivity contribution < 1.29 is 0 Å². The summed E-state index contributed by atoms with van der Waals surface area (Å²) in [5.41, 5.74) is 5.87. The van der Waals surface area contributed by atoms with Crippen LogP contribution in [0.1, 0.15) is 58.9 Å². The lowest BCUT2D eigenvalue weighted by atomic mass is 9.97. The van der Waals surface area contributed by atoms with Crippen LogP contribution in [-0.4, -0.2) is 21.6 Å². The molecule has 4 nitrogen and oxygen atoms in total. The van der Waals surface area contributed by atoms with Crippen molar-refractivity contribution in [1.29, 1.82) is 5.26 Å². The molecule has 0 saturated heterocycles. The van der Waals surface area contributed by atoms with E-state index in [4.69, 9.17) is 10.4 Å². The van der Waals surface area contributed by atoms with E-state index in [2.05, 4.69) is 31.3 Å². The largest absolute Gasteiger partial charge is 0.369 e. The molecule has 0 unspecified atom stereocenters. The number of fused-ring (bicyclic) bond motifs is 1. The molecular weight excluding hydrogens is 316 g/mol. The maximum Gasteiger partial charge on any atom is 0.128 e. The van der Waals surface area contributed by atoms with Gasteiger partial charge in [0.05, 0.1) is 22.6 Å². The molecule has 1 N–H and O–H groups in total. The van der Waals surface area contributed by atoms with E-state index in [1.165, 1.54) is 41.0 Å². The molecule has 2 heterocycles. The van der Waals surface area contributed by atoms with Crippen molar-refractivity contribution in [2.24, 2.45) is 7.05 Å². The van der Waals surface area contributed by atoms with Crippen molar-refractivity contribution in [3.63, 3.8) is 0 Å². The zero-order valence-corrected chi connectivity index (χ0v) is 15.2. The highest BCUT2D eigenvalue weighted by atomic mass is 32.2. The summed E-state index contributed by atoms with van der Waals surface area (Å²) in [5, 5.41) is 18.4. The normalized spacial score (nSPS) is 23.1. The monoisotopic (exact) mass is 338 g/mol. The molecule has 124 valence electrons. The van der Waals surface area contributed by atoms with Gasteiger partial charge in [-0.25, -0.2) is 0 Å². The predicted octanol–water partition coefficient (Wildman–Crippen LogP) is 4.11. The maximum absolute atomic E-state index is 9.16. The molecule has 2 aliphatic rings. The van der Waals surface area contributed by atoms with Gasteiger partial charge in [-0.3, -0.25) is 4.68 Å². The summed E-state index contributed by atoms with van der Waals surface area (Å²) in [6.45, 7) is 5.35. The summed E-state index contributed by atoms with van der Waals surface area (Å²) in [4.78, 5) is 0. The first kappa shape index (κ1) is 15.6. The van der Waals surface area contributed by atoms with Crippen LogP contribution in [0, 0.1) is 18.3 Å². The van der Waals surface area contributed by atoms with E-state index in [9.17, 15) is 0 Å². The Balaban J connectivity index is 1.87. The Morgan fingerprint density at radius 3 is 2.83 bits per heavy atom. The Morgan fingerprint density at radius 2 is 2.17 bits per heavy atom. The molecule has 0 radical (unpaired) electrons. The average Bonchev–Trinajstić information content (AvgIpc) is 3.36. The van der Waals surface area contributed by atoms with Crippen LogP contribution in [0.25, 0.3) is 0 Å². The van der Waals surface area contributed by atoms with Gasteiger partial charge < -0.3 is 5.32 Å². The molecule has 1 aromatic carbocycles. The van der Waals surface area contributed by atoms with Crippen LogP contribution < -0.4 is 5.32 Å². The fraction of sp³-hybridized carbons (Fsp3) is 0.474. The summed E-state index contributed by atoms with van der Waals surface area (Å²) in [5.74, 6) is 1.79. The summed E-state index contributed by atoms with van der Waals surface area (Å²) >= 11 is 2.00. The lowest BCUT2D eigenvalue weighted by Gasteiger charge is -2.20. The number of hydrogen-bond donors (Lipinski definition) is 1. The van der Waals surface area contributed by atoms with Crippen LogP contribution in [-0.2, 0) is 7.05 Å². The van der Waals surface area contributed by atoms with Crippen molar-refractivity contribution >= 4 is 17.6 Å². The molecule has 1 fully saturated rings. The predicted molar refractivity (Wildman–Crippen MR) is 98.5 cm³/mol.